The first-order valence-electron chi connectivity index (χ1n) is 6.24. The van der Waals surface area contributed by atoms with Crippen molar-refractivity contribution in [1.29, 1.82) is 0 Å². The zero-order valence-corrected chi connectivity index (χ0v) is 11.1. The number of rotatable bonds is 4. The lowest BCUT2D eigenvalue weighted by molar-refractivity contribution is -0.873. The lowest BCUT2D eigenvalue weighted by Crippen LogP contribution is -2.40. The van der Waals surface area contributed by atoms with Crippen LogP contribution in [0, 0.1) is 0 Å². The Labute approximate surface area is 104 Å². The minimum atomic E-state index is 1.03. The normalized spacial score (nSPS) is 11.9. The van der Waals surface area contributed by atoms with Gasteiger partial charge >= 0.3 is 0 Å². The second-order valence-corrected chi connectivity index (χ2v) is 5.63. The molecular weight excluding hydrogens is 208 g/mol. The van der Waals surface area contributed by atoms with Crippen LogP contribution in [0.3, 0.4) is 0 Å². The number of hydrogen-bond donors (Lipinski definition) is 0. The van der Waals surface area contributed by atoms with Gasteiger partial charge in [-0.3, -0.25) is 0 Å². The van der Waals surface area contributed by atoms with Crippen molar-refractivity contribution in [3.63, 3.8) is 0 Å². The molecule has 1 aromatic heterocycles. The van der Waals surface area contributed by atoms with E-state index in [-0.39, 0.29) is 0 Å². The summed E-state index contributed by atoms with van der Waals surface area (Å²) in [7, 11) is 6.73. The van der Waals surface area contributed by atoms with E-state index in [1.807, 2.05) is 0 Å². The van der Waals surface area contributed by atoms with Crippen molar-refractivity contribution in [2.24, 2.45) is 0 Å². The smallest absolute Gasteiger partial charge is 0.212 e. The first-order chi connectivity index (χ1) is 8.06. The third-order valence-corrected chi connectivity index (χ3v) is 3.02. The highest BCUT2D eigenvalue weighted by atomic mass is 15.3. The lowest BCUT2D eigenvalue weighted by atomic mass is 10.2. The zero-order valence-electron chi connectivity index (χ0n) is 11.1. The summed E-state index contributed by atoms with van der Waals surface area (Å²) in [5.74, 6) is 0. The molecule has 0 N–H and O–H groups in total. The number of para-hydroxylation sites is 1. The number of pyridine rings is 1. The molecule has 2 heteroatoms. The molecule has 0 unspecified atom stereocenters. The molecule has 0 saturated heterocycles. The minimum Gasteiger partial charge on any atom is -0.331 e. The fourth-order valence-corrected chi connectivity index (χ4v) is 2.13. The van der Waals surface area contributed by atoms with Gasteiger partial charge in [-0.05, 0) is 12.1 Å². The van der Waals surface area contributed by atoms with E-state index >= 15 is 0 Å². The van der Waals surface area contributed by atoms with Crippen molar-refractivity contribution in [1.82, 2.24) is 0 Å². The summed E-state index contributed by atoms with van der Waals surface area (Å²) in [5, 5.41) is 1.32. The molecule has 0 bridgehead atoms. The second kappa shape index (κ2) is 4.84. The Morgan fingerprint density at radius 3 is 2.47 bits per heavy atom. The summed E-state index contributed by atoms with van der Waals surface area (Å²) < 4.78 is 3.39. The number of aromatic nitrogens is 1. The minimum absolute atomic E-state index is 1.03. The zero-order chi connectivity index (χ0) is 12.3. The summed E-state index contributed by atoms with van der Waals surface area (Å²) in [6.07, 6.45) is 3.39. The van der Waals surface area contributed by atoms with Crippen molar-refractivity contribution >= 4 is 10.9 Å². The van der Waals surface area contributed by atoms with Crippen molar-refractivity contribution in [2.45, 2.75) is 13.0 Å². The Kier molecular flexibility index (Phi) is 3.43. The average molecular weight is 230 g/mol. The molecule has 2 nitrogen and oxygen atoms in total. The van der Waals surface area contributed by atoms with Crippen molar-refractivity contribution in [3.05, 3.63) is 42.6 Å². The second-order valence-electron chi connectivity index (χ2n) is 5.63. The van der Waals surface area contributed by atoms with Crippen molar-refractivity contribution in [3.8, 4) is 0 Å². The summed E-state index contributed by atoms with van der Waals surface area (Å²) >= 11 is 0. The van der Waals surface area contributed by atoms with Gasteiger partial charge < -0.3 is 4.48 Å². The van der Waals surface area contributed by atoms with E-state index in [1.165, 1.54) is 23.9 Å². The van der Waals surface area contributed by atoms with Crippen molar-refractivity contribution in [2.75, 3.05) is 27.7 Å². The molecule has 0 radical (unpaired) electrons. The SMILES string of the molecule is C[N+](C)(C)CCC[n+]1cccc2ccccc21. The highest BCUT2D eigenvalue weighted by Gasteiger charge is 2.11. The molecule has 0 spiro atoms. The molecule has 0 aliphatic carbocycles. The van der Waals surface area contributed by atoms with Crippen LogP contribution in [0.15, 0.2) is 42.6 Å². The molecule has 2 rings (SSSR count). The van der Waals surface area contributed by atoms with E-state index in [0.717, 1.165) is 11.0 Å². The summed E-state index contributed by atoms with van der Waals surface area (Å²) in [6, 6.07) is 12.9. The number of aryl methyl sites for hydroxylation is 1. The molecule has 1 aromatic carbocycles. The van der Waals surface area contributed by atoms with Crippen LogP contribution < -0.4 is 4.57 Å². The summed E-state index contributed by atoms with van der Waals surface area (Å²) in [5.41, 5.74) is 1.33. The maximum atomic E-state index is 2.35. The summed E-state index contributed by atoms with van der Waals surface area (Å²) in [6.45, 7) is 2.30. The molecule has 0 amide bonds. The number of benzene rings is 1. The molecular formula is C15H22N2+2. The maximum Gasteiger partial charge on any atom is 0.212 e. The quantitative estimate of drug-likeness (QED) is 0.560. The fourth-order valence-electron chi connectivity index (χ4n) is 2.13. The molecule has 1 heterocycles. The first kappa shape index (κ1) is 12.1. The molecule has 0 aliphatic rings. The highest BCUT2D eigenvalue weighted by molar-refractivity contribution is 5.74. The topological polar surface area (TPSA) is 3.88 Å². The molecule has 17 heavy (non-hydrogen) atoms. The average Bonchev–Trinajstić information content (AvgIpc) is 2.28. The number of hydrogen-bond acceptors (Lipinski definition) is 0. The maximum absolute atomic E-state index is 2.35. The van der Waals surface area contributed by atoms with Gasteiger partial charge in [-0.15, -0.1) is 0 Å². The van der Waals surface area contributed by atoms with E-state index in [9.17, 15) is 0 Å². The van der Waals surface area contributed by atoms with Gasteiger partial charge in [-0.1, -0.05) is 12.1 Å². The predicted octanol–water partition coefficient (Wildman–Crippen LogP) is 2.22. The largest absolute Gasteiger partial charge is 0.331 e. The predicted molar refractivity (Wildman–Crippen MR) is 71.7 cm³/mol. The molecule has 2 aromatic rings. The number of quaternary nitrogens is 1. The molecule has 0 saturated carbocycles. The Morgan fingerprint density at radius 1 is 1.00 bits per heavy atom. The lowest BCUT2D eigenvalue weighted by Gasteiger charge is -2.22. The number of fused-ring (bicyclic) bond motifs is 1. The first-order valence-corrected chi connectivity index (χ1v) is 6.24. The van der Waals surface area contributed by atoms with Crippen LogP contribution in [0.1, 0.15) is 6.42 Å². The Bertz CT molecular complexity index is 492. The third kappa shape index (κ3) is 3.27. The van der Waals surface area contributed by atoms with E-state index < -0.39 is 0 Å². The van der Waals surface area contributed by atoms with Crippen LogP contribution >= 0.6 is 0 Å². The Hall–Kier alpha value is -1.41. The fraction of sp³-hybridized carbons (Fsp3) is 0.400. The Balaban J connectivity index is 2.13. The molecule has 0 fully saturated rings. The van der Waals surface area contributed by atoms with Gasteiger partial charge in [-0.2, -0.15) is 4.57 Å². The van der Waals surface area contributed by atoms with E-state index in [1.54, 1.807) is 0 Å². The summed E-state index contributed by atoms with van der Waals surface area (Å²) in [4.78, 5) is 0. The monoisotopic (exact) mass is 230 g/mol. The molecule has 90 valence electrons. The van der Waals surface area contributed by atoms with Gasteiger partial charge in [0, 0.05) is 17.5 Å². The number of nitrogens with zero attached hydrogens (tertiary/aromatic N) is 2. The van der Waals surface area contributed by atoms with E-state index in [4.69, 9.17) is 0 Å². The standard InChI is InChI=1S/C15H22N2/c1-17(2,3)13-7-12-16-11-6-9-14-8-4-5-10-15(14)16/h4-6,8-11H,7,12-13H2,1-3H3/q+2. The van der Waals surface area contributed by atoms with Crippen LogP contribution in [-0.4, -0.2) is 32.2 Å². The molecule has 0 aliphatic heterocycles. The molecule has 0 atom stereocenters. The van der Waals surface area contributed by atoms with Gasteiger partial charge in [0.1, 0.15) is 0 Å². The van der Waals surface area contributed by atoms with E-state index in [0.29, 0.717) is 0 Å². The van der Waals surface area contributed by atoms with Gasteiger partial charge in [0.2, 0.25) is 5.52 Å². The van der Waals surface area contributed by atoms with Crippen LogP contribution in [0.4, 0.5) is 0 Å². The van der Waals surface area contributed by atoms with Gasteiger partial charge in [0.25, 0.3) is 0 Å². The Morgan fingerprint density at radius 2 is 1.71 bits per heavy atom. The van der Waals surface area contributed by atoms with Crippen LogP contribution in [0.5, 0.6) is 0 Å². The van der Waals surface area contributed by atoms with Crippen LogP contribution in [-0.2, 0) is 6.54 Å². The van der Waals surface area contributed by atoms with Gasteiger partial charge in [0.05, 0.1) is 34.1 Å². The third-order valence-electron chi connectivity index (χ3n) is 3.02. The van der Waals surface area contributed by atoms with Crippen LogP contribution in [0.25, 0.3) is 10.9 Å². The van der Waals surface area contributed by atoms with E-state index in [2.05, 4.69) is 68.3 Å². The van der Waals surface area contributed by atoms with Crippen molar-refractivity contribution < 1.29 is 9.05 Å². The van der Waals surface area contributed by atoms with Gasteiger partial charge in [-0.25, -0.2) is 0 Å². The highest BCUT2D eigenvalue weighted by Crippen LogP contribution is 2.08. The van der Waals surface area contributed by atoms with Crippen LogP contribution in [0.2, 0.25) is 0 Å². The van der Waals surface area contributed by atoms with Gasteiger partial charge in [0.15, 0.2) is 12.7 Å².